The van der Waals surface area contributed by atoms with E-state index in [2.05, 4.69) is 4.72 Å². The number of rotatable bonds is 5. The quantitative estimate of drug-likeness (QED) is 0.823. The van der Waals surface area contributed by atoms with Gasteiger partial charge in [-0.25, -0.2) is 17.5 Å². The first-order chi connectivity index (χ1) is 9.38. The van der Waals surface area contributed by atoms with Gasteiger partial charge in [0.05, 0.1) is 4.88 Å². The second-order valence-corrected chi connectivity index (χ2v) is 7.45. The van der Waals surface area contributed by atoms with Crippen molar-refractivity contribution in [3.63, 3.8) is 0 Å². The maximum Gasteiger partial charge on any atom is 0.250 e. The Kier molecular flexibility index (Phi) is 4.48. The van der Waals surface area contributed by atoms with Crippen LogP contribution < -0.4 is 10.5 Å². The zero-order chi connectivity index (χ0) is 14.8. The molecule has 0 aliphatic carbocycles. The predicted molar refractivity (Wildman–Crippen MR) is 80.6 cm³/mol. The maximum absolute atomic E-state index is 13.0. The van der Waals surface area contributed by atoms with E-state index in [1.165, 1.54) is 24.3 Å². The van der Waals surface area contributed by atoms with E-state index in [1.807, 2.05) is 0 Å². The summed E-state index contributed by atoms with van der Waals surface area (Å²) in [6.45, 7) is 0.0143. The van der Waals surface area contributed by atoms with Crippen molar-refractivity contribution in [2.75, 3.05) is 0 Å². The molecule has 1 heterocycles. The molecule has 0 saturated carbocycles. The highest BCUT2D eigenvalue weighted by molar-refractivity contribution is 7.91. The van der Waals surface area contributed by atoms with Gasteiger partial charge in [-0.05, 0) is 29.8 Å². The van der Waals surface area contributed by atoms with E-state index >= 15 is 0 Å². The van der Waals surface area contributed by atoms with Crippen molar-refractivity contribution < 1.29 is 12.8 Å². The Hall–Kier alpha value is -1.35. The Morgan fingerprint density at radius 2 is 2.10 bits per heavy atom. The van der Waals surface area contributed by atoms with Crippen molar-refractivity contribution >= 4 is 38.6 Å². The first kappa shape index (κ1) is 15.0. The highest BCUT2D eigenvalue weighted by atomic mass is 32.2. The lowest BCUT2D eigenvalue weighted by Crippen LogP contribution is -2.22. The van der Waals surface area contributed by atoms with Crippen molar-refractivity contribution in [2.24, 2.45) is 5.73 Å². The van der Waals surface area contributed by atoms with Crippen molar-refractivity contribution in [1.29, 1.82) is 0 Å². The molecule has 0 amide bonds. The van der Waals surface area contributed by atoms with Crippen LogP contribution in [0, 0.1) is 5.82 Å². The molecule has 0 unspecified atom stereocenters. The molecule has 20 heavy (non-hydrogen) atoms. The first-order valence-electron chi connectivity index (χ1n) is 5.52. The molecular weight excluding hydrogens is 319 g/mol. The number of thiocarbonyl (C=S) groups is 1. The third-order valence-electron chi connectivity index (χ3n) is 2.44. The predicted octanol–water partition coefficient (Wildman–Crippen LogP) is 2.00. The lowest BCUT2D eigenvalue weighted by Gasteiger charge is -2.05. The van der Waals surface area contributed by atoms with E-state index in [-0.39, 0.29) is 15.7 Å². The van der Waals surface area contributed by atoms with Crippen LogP contribution in [0.15, 0.2) is 40.6 Å². The van der Waals surface area contributed by atoms with Gasteiger partial charge in [0.1, 0.15) is 15.0 Å². The van der Waals surface area contributed by atoms with Crippen LogP contribution in [-0.2, 0) is 16.6 Å². The Bertz CT molecular complexity index is 741. The fourth-order valence-electron chi connectivity index (χ4n) is 1.49. The monoisotopic (exact) mass is 330 g/mol. The molecule has 0 spiro atoms. The molecule has 1 aromatic heterocycles. The van der Waals surface area contributed by atoms with Gasteiger partial charge in [-0.15, -0.1) is 11.3 Å². The lowest BCUT2D eigenvalue weighted by molar-refractivity contribution is 0.582. The second-order valence-electron chi connectivity index (χ2n) is 3.94. The van der Waals surface area contributed by atoms with Crippen molar-refractivity contribution in [2.45, 2.75) is 10.8 Å². The molecule has 2 aromatic rings. The minimum Gasteiger partial charge on any atom is -0.389 e. The molecule has 0 saturated heterocycles. The van der Waals surface area contributed by atoms with Crippen molar-refractivity contribution in [3.8, 4) is 0 Å². The summed E-state index contributed by atoms with van der Waals surface area (Å²) in [4.78, 5) is 0.688. The van der Waals surface area contributed by atoms with E-state index in [4.69, 9.17) is 18.0 Å². The van der Waals surface area contributed by atoms with Gasteiger partial charge in [-0.3, -0.25) is 0 Å². The zero-order valence-electron chi connectivity index (χ0n) is 10.2. The summed E-state index contributed by atoms with van der Waals surface area (Å²) < 4.78 is 39.6. The minimum absolute atomic E-state index is 0.0143. The van der Waals surface area contributed by atoms with Gasteiger partial charge >= 0.3 is 0 Å². The number of thiophene rings is 1. The molecule has 0 aliphatic heterocycles. The maximum atomic E-state index is 13.0. The highest BCUT2D eigenvalue weighted by Crippen LogP contribution is 2.21. The number of halogens is 1. The number of hydrogen-bond acceptors (Lipinski definition) is 4. The van der Waals surface area contributed by atoms with Crippen LogP contribution in [-0.4, -0.2) is 13.4 Å². The molecule has 1 aromatic carbocycles. The molecule has 0 aliphatic rings. The van der Waals surface area contributed by atoms with E-state index in [0.29, 0.717) is 10.4 Å². The van der Waals surface area contributed by atoms with Gasteiger partial charge in [-0.2, -0.15) is 0 Å². The molecule has 0 fully saturated rings. The second kappa shape index (κ2) is 5.96. The Morgan fingerprint density at radius 3 is 2.70 bits per heavy atom. The zero-order valence-corrected chi connectivity index (χ0v) is 12.6. The largest absolute Gasteiger partial charge is 0.389 e. The molecular formula is C12H11FN2O2S3. The van der Waals surface area contributed by atoms with Crippen LogP contribution in [0.1, 0.15) is 10.4 Å². The van der Waals surface area contributed by atoms with Crippen LogP contribution >= 0.6 is 23.6 Å². The Labute approximate surface area is 125 Å². The summed E-state index contributed by atoms with van der Waals surface area (Å²) in [5, 5.41) is 0. The Morgan fingerprint density at radius 1 is 1.35 bits per heavy atom. The summed E-state index contributed by atoms with van der Waals surface area (Å²) in [7, 11) is -3.65. The summed E-state index contributed by atoms with van der Waals surface area (Å²) in [6.07, 6.45) is 0. The first-order valence-corrected chi connectivity index (χ1v) is 8.23. The molecule has 0 radical (unpaired) electrons. The molecule has 106 valence electrons. The third-order valence-corrected chi connectivity index (χ3v) is 5.81. The Balaban J connectivity index is 2.12. The van der Waals surface area contributed by atoms with E-state index in [9.17, 15) is 12.8 Å². The minimum atomic E-state index is -3.65. The van der Waals surface area contributed by atoms with Crippen LogP contribution in [0.5, 0.6) is 0 Å². The highest BCUT2D eigenvalue weighted by Gasteiger charge is 2.17. The van der Waals surface area contributed by atoms with E-state index in [1.54, 1.807) is 12.1 Å². The van der Waals surface area contributed by atoms with Crippen LogP contribution in [0.4, 0.5) is 4.39 Å². The normalized spacial score (nSPS) is 11.4. The van der Waals surface area contributed by atoms with Gasteiger partial charge < -0.3 is 5.73 Å². The number of nitrogens with two attached hydrogens (primary N) is 1. The fraction of sp³-hybridized carbons (Fsp3) is 0.0833. The van der Waals surface area contributed by atoms with Gasteiger partial charge in [0.15, 0.2) is 0 Å². The average molecular weight is 330 g/mol. The topological polar surface area (TPSA) is 72.2 Å². The van der Waals surface area contributed by atoms with Crippen LogP contribution in [0.3, 0.4) is 0 Å². The van der Waals surface area contributed by atoms with Crippen molar-refractivity contribution in [3.05, 3.63) is 52.7 Å². The number of nitrogens with one attached hydrogen (secondary N) is 1. The smallest absolute Gasteiger partial charge is 0.250 e. The number of hydrogen-bond donors (Lipinski definition) is 2. The summed E-state index contributed by atoms with van der Waals surface area (Å²) in [6, 6.07) is 8.73. The standard InChI is InChI=1S/C12H11FN2O2S3/c13-9-3-1-2-8(6-9)7-15-20(16,17)11-5-4-10(19-11)12(14)18/h1-6,15H,7H2,(H2,14,18). The molecule has 0 atom stereocenters. The molecule has 3 N–H and O–H groups in total. The van der Waals surface area contributed by atoms with E-state index < -0.39 is 15.8 Å². The summed E-state index contributed by atoms with van der Waals surface area (Å²) >= 11 is 5.78. The summed E-state index contributed by atoms with van der Waals surface area (Å²) in [5.74, 6) is -0.409. The lowest BCUT2D eigenvalue weighted by atomic mass is 10.2. The third kappa shape index (κ3) is 3.60. The number of sulfonamides is 1. The van der Waals surface area contributed by atoms with Gasteiger partial charge in [0, 0.05) is 6.54 Å². The number of benzene rings is 1. The SMILES string of the molecule is NC(=S)c1ccc(S(=O)(=O)NCc2cccc(F)c2)s1. The summed E-state index contributed by atoms with van der Waals surface area (Å²) in [5.41, 5.74) is 5.98. The molecule has 4 nitrogen and oxygen atoms in total. The van der Waals surface area contributed by atoms with Crippen LogP contribution in [0.25, 0.3) is 0 Å². The van der Waals surface area contributed by atoms with Gasteiger partial charge in [-0.1, -0.05) is 24.4 Å². The van der Waals surface area contributed by atoms with Gasteiger partial charge in [0.25, 0.3) is 0 Å². The fourth-order valence-corrected chi connectivity index (χ4v) is 3.91. The molecule has 8 heteroatoms. The van der Waals surface area contributed by atoms with Crippen LogP contribution in [0.2, 0.25) is 0 Å². The molecule has 2 rings (SSSR count). The van der Waals surface area contributed by atoms with Crippen molar-refractivity contribution in [1.82, 2.24) is 4.72 Å². The average Bonchev–Trinajstić information content (AvgIpc) is 2.87. The van der Waals surface area contributed by atoms with Gasteiger partial charge in [0.2, 0.25) is 10.0 Å². The molecule has 0 bridgehead atoms. The van der Waals surface area contributed by atoms with E-state index in [0.717, 1.165) is 11.3 Å².